The maximum atomic E-state index is 10.4. The molecule has 104 valence electrons. The lowest BCUT2D eigenvalue weighted by Gasteiger charge is -2.06. The van der Waals surface area contributed by atoms with Gasteiger partial charge in [-0.2, -0.15) is 0 Å². The number of benzene rings is 1. The van der Waals surface area contributed by atoms with E-state index in [9.17, 15) is 4.79 Å². The van der Waals surface area contributed by atoms with Gasteiger partial charge in [0.15, 0.2) is 5.71 Å². The van der Waals surface area contributed by atoms with Crippen LogP contribution in [-0.4, -0.2) is 37.1 Å². The molecule has 1 N–H and O–H groups in total. The van der Waals surface area contributed by atoms with E-state index in [2.05, 4.69) is 5.16 Å². The number of rotatable bonds is 8. The van der Waals surface area contributed by atoms with E-state index in [1.54, 1.807) is 7.11 Å². The smallest absolute Gasteiger partial charge is 0.353 e. The van der Waals surface area contributed by atoms with E-state index >= 15 is 0 Å². The molecule has 0 saturated heterocycles. The Bertz CT molecular complexity index is 427. The second-order valence-corrected chi connectivity index (χ2v) is 3.69. The Hall–Kier alpha value is -2.24. The van der Waals surface area contributed by atoms with E-state index in [4.69, 9.17) is 19.4 Å². The average Bonchev–Trinajstić information content (AvgIpc) is 2.42. The largest absolute Gasteiger partial charge is 0.497 e. The highest BCUT2D eigenvalue weighted by Gasteiger charge is 2.01. The van der Waals surface area contributed by atoms with Crippen LogP contribution in [0.3, 0.4) is 0 Å². The van der Waals surface area contributed by atoms with E-state index in [1.165, 1.54) is 6.92 Å². The van der Waals surface area contributed by atoms with Crippen LogP contribution in [0.2, 0.25) is 0 Å². The van der Waals surface area contributed by atoms with Crippen molar-refractivity contribution in [3.63, 3.8) is 0 Å². The van der Waals surface area contributed by atoms with E-state index in [0.717, 1.165) is 11.5 Å². The number of carbonyl (C=O) groups is 1. The predicted octanol–water partition coefficient (Wildman–Crippen LogP) is 1.94. The molecule has 0 saturated carbocycles. The highest BCUT2D eigenvalue weighted by molar-refractivity contribution is 6.34. The number of aliphatic carboxylic acids is 1. The van der Waals surface area contributed by atoms with Crippen molar-refractivity contribution in [2.24, 2.45) is 5.16 Å². The fourth-order valence-corrected chi connectivity index (χ4v) is 1.17. The van der Waals surface area contributed by atoms with Crippen molar-refractivity contribution < 1.29 is 24.2 Å². The summed E-state index contributed by atoms with van der Waals surface area (Å²) in [5, 5.41) is 12.0. The van der Waals surface area contributed by atoms with Crippen LogP contribution < -0.4 is 9.47 Å². The van der Waals surface area contributed by atoms with Gasteiger partial charge in [0, 0.05) is 6.42 Å². The molecule has 0 unspecified atom stereocenters. The molecular formula is C13H17NO5. The lowest BCUT2D eigenvalue weighted by atomic mass is 10.3. The van der Waals surface area contributed by atoms with Crippen molar-refractivity contribution in [3.05, 3.63) is 24.3 Å². The molecule has 0 aliphatic rings. The first-order chi connectivity index (χ1) is 9.13. The first-order valence-corrected chi connectivity index (χ1v) is 5.80. The number of hydrogen-bond donors (Lipinski definition) is 1. The van der Waals surface area contributed by atoms with E-state index in [-0.39, 0.29) is 5.71 Å². The van der Waals surface area contributed by atoms with Crippen LogP contribution in [0.15, 0.2) is 29.4 Å². The van der Waals surface area contributed by atoms with Gasteiger partial charge in [0.2, 0.25) is 0 Å². The first-order valence-electron chi connectivity index (χ1n) is 5.80. The topological polar surface area (TPSA) is 77.3 Å². The van der Waals surface area contributed by atoms with Gasteiger partial charge in [-0.1, -0.05) is 5.16 Å². The number of ether oxygens (including phenoxy) is 2. The summed E-state index contributed by atoms with van der Waals surface area (Å²) in [6.45, 7) is 2.14. The molecule has 0 radical (unpaired) electrons. The van der Waals surface area contributed by atoms with Crippen LogP contribution in [0, 0.1) is 0 Å². The third kappa shape index (κ3) is 5.76. The van der Waals surface area contributed by atoms with Crippen molar-refractivity contribution in [1.29, 1.82) is 0 Å². The molecule has 0 spiro atoms. The van der Waals surface area contributed by atoms with Crippen LogP contribution in [0.4, 0.5) is 0 Å². The molecule has 0 heterocycles. The molecule has 19 heavy (non-hydrogen) atoms. The standard InChI is InChI=1S/C13H17NO5/c1-10(13(15)16)14-19-9-3-8-18-12-6-4-11(17-2)5-7-12/h4-7H,3,8-9H2,1-2H3,(H,15,16). The third-order valence-corrected chi connectivity index (χ3v) is 2.22. The molecule has 1 aromatic rings. The van der Waals surface area contributed by atoms with Gasteiger partial charge in [0.05, 0.1) is 13.7 Å². The summed E-state index contributed by atoms with van der Waals surface area (Å²) >= 11 is 0. The SMILES string of the molecule is COc1ccc(OCCCON=C(C)C(=O)O)cc1. The molecule has 0 fully saturated rings. The molecule has 1 rings (SSSR count). The van der Waals surface area contributed by atoms with E-state index in [1.807, 2.05) is 24.3 Å². The zero-order valence-corrected chi connectivity index (χ0v) is 11.0. The van der Waals surface area contributed by atoms with Crippen molar-refractivity contribution in [1.82, 2.24) is 0 Å². The van der Waals surface area contributed by atoms with E-state index in [0.29, 0.717) is 19.6 Å². The van der Waals surface area contributed by atoms with Gasteiger partial charge < -0.3 is 19.4 Å². The van der Waals surface area contributed by atoms with Gasteiger partial charge in [-0.15, -0.1) is 0 Å². The highest BCUT2D eigenvalue weighted by Crippen LogP contribution is 2.16. The second kappa shape index (κ2) is 7.97. The zero-order valence-electron chi connectivity index (χ0n) is 11.0. The summed E-state index contributed by atoms with van der Waals surface area (Å²) in [7, 11) is 1.60. The van der Waals surface area contributed by atoms with Crippen LogP contribution in [0.25, 0.3) is 0 Å². The molecule has 0 aliphatic carbocycles. The summed E-state index contributed by atoms with van der Waals surface area (Å²) in [6, 6.07) is 7.25. The number of nitrogens with zero attached hydrogens (tertiary/aromatic N) is 1. The van der Waals surface area contributed by atoms with Gasteiger partial charge in [0.25, 0.3) is 0 Å². The number of methoxy groups -OCH3 is 1. The van der Waals surface area contributed by atoms with Gasteiger partial charge in [-0.05, 0) is 31.2 Å². The molecular weight excluding hydrogens is 250 g/mol. The Morgan fingerprint density at radius 2 is 1.84 bits per heavy atom. The minimum Gasteiger partial charge on any atom is -0.497 e. The van der Waals surface area contributed by atoms with Gasteiger partial charge in [-0.3, -0.25) is 0 Å². The van der Waals surface area contributed by atoms with Gasteiger partial charge >= 0.3 is 5.97 Å². The zero-order chi connectivity index (χ0) is 14.1. The molecule has 0 atom stereocenters. The summed E-state index contributed by atoms with van der Waals surface area (Å²) in [6.07, 6.45) is 0.614. The Morgan fingerprint density at radius 1 is 1.21 bits per heavy atom. The van der Waals surface area contributed by atoms with Gasteiger partial charge in [0.1, 0.15) is 18.1 Å². The minimum atomic E-state index is -1.09. The summed E-state index contributed by atoms with van der Waals surface area (Å²) in [5.74, 6) is 0.426. The van der Waals surface area contributed by atoms with Gasteiger partial charge in [-0.25, -0.2) is 4.79 Å². The quantitative estimate of drug-likeness (QED) is 0.442. The molecule has 6 nitrogen and oxygen atoms in total. The maximum Gasteiger partial charge on any atom is 0.353 e. The number of carboxylic acids is 1. The molecule has 1 aromatic carbocycles. The number of oxime groups is 1. The monoisotopic (exact) mass is 267 g/mol. The van der Waals surface area contributed by atoms with Crippen molar-refractivity contribution >= 4 is 11.7 Å². The lowest BCUT2D eigenvalue weighted by molar-refractivity contribution is -0.129. The second-order valence-electron chi connectivity index (χ2n) is 3.69. The average molecular weight is 267 g/mol. The Labute approximate surface area is 111 Å². The van der Waals surface area contributed by atoms with Crippen molar-refractivity contribution in [2.75, 3.05) is 20.3 Å². The molecule has 0 bridgehead atoms. The fraction of sp³-hybridized carbons (Fsp3) is 0.385. The van der Waals surface area contributed by atoms with Crippen LogP contribution >= 0.6 is 0 Å². The predicted molar refractivity (Wildman–Crippen MR) is 69.8 cm³/mol. The van der Waals surface area contributed by atoms with Crippen molar-refractivity contribution in [2.45, 2.75) is 13.3 Å². The summed E-state index contributed by atoms with van der Waals surface area (Å²) < 4.78 is 10.5. The summed E-state index contributed by atoms with van der Waals surface area (Å²) in [5.41, 5.74) is -0.0731. The molecule has 0 amide bonds. The van der Waals surface area contributed by atoms with E-state index < -0.39 is 5.97 Å². The van der Waals surface area contributed by atoms with Crippen molar-refractivity contribution in [3.8, 4) is 11.5 Å². The van der Waals surface area contributed by atoms with Crippen LogP contribution in [0.5, 0.6) is 11.5 Å². The molecule has 0 aliphatic heterocycles. The first kappa shape index (κ1) is 14.8. The highest BCUT2D eigenvalue weighted by atomic mass is 16.6. The molecule has 6 heteroatoms. The fourth-order valence-electron chi connectivity index (χ4n) is 1.17. The summed E-state index contributed by atoms with van der Waals surface area (Å²) in [4.78, 5) is 15.2. The Kier molecular flexibility index (Phi) is 6.21. The maximum absolute atomic E-state index is 10.4. The van der Waals surface area contributed by atoms with Crippen LogP contribution in [-0.2, 0) is 9.63 Å². The molecule has 0 aromatic heterocycles. The Morgan fingerprint density at radius 3 is 2.42 bits per heavy atom. The minimum absolute atomic E-state index is 0.0731. The lowest BCUT2D eigenvalue weighted by Crippen LogP contribution is -2.09. The number of carboxylic acid groups (broad SMARTS) is 1. The normalized spacial score (nSPS) is 10.9. The number of hydrogen-bond acceptors (Lipinski definition) is 5. The van der Waals surface area contributed by atoms with Crippen LogP contribution in [0.1, 0.15) is 13.3 Å². The Balaban J connectivity index is 2.17. The third-order valence-electron chi connectivity index (χ3n) is 2.22.